The Bertz CT molecular complexity index is 1430. The first-order chi connectivity index (χ1) is 19.5. The van der Waals surface area contributed by atoms with E-state index in [9.17, 15) is 18.0 Å². The molecule has 1 atom stereocenters. The molecule has 0 fully saturated rings. The molecule has 0 heterocycles. The van der Waals surface area contributed by atoms with Crippen molar-refractivity contribution in [2.45, 2.75) is 51.1 Å². The van der Waals surface area contributed by atoms with E-state index in [1.54, 1.807) is 61.5 Å². The number of aryl methyl sites for hydroxylation is 1. The highest BCUT2D eigenvalue weighted by Crippen LogP contribution is 2.29. The van der Waals surface area contributed by atoms with Crippen LogP contribution in [-0.2, 0) is 26.2 Å². The summed E-state index contributed by atoms with van der Waals surface area (Å²) in [5.74, 6) is -0.434. The Morgan fingerprint density at radius 1 is 0.951 bits per heavy atom. The van der Waals surface area contributed by atoms with Gasteiger partial charge in [0.2, 0.25) is 11.8 Å². The van der Waals surface area contributed by atoms with Crippen molar-refractivity contribution in [3.8, 4) is 5.75 Å². The van der Waals surface area contributed by atoms with Gasteiger partial charge in [0, 0.05) is 28.7 Å². The molecular formula is C30H35Cl2N3O5S. The maximum Gasteiger partial charge on any atom is 0.264 e. The van der Waals surface area contributed by atoms with Crippen molar-refractivity contribution in [1.82, 2.24) is 10.2 Å². The molecule has 3 aromatic rings. The summed E-state index contributed by atoms with van der Waals surface area (Å²) in [4.78, 5) is 28.6. The van der Waals surface area contributed by atoms with Crippen LogP contribution in [0.1, 0.15) is 37.8 Å². The van der Waals surface area contributed by atoms with E-state index in [1.807, 2.05) is 13.8 Å². The van der Waals surface area contributed by atoms with Gasteiger partial charge >= 0.3 is 0 Å². The molecule has 0 radical (unpaired) electrons. The van der Waals surface area contributed by atoms with E-state index in [0.717, 1.165) is 9.87 Å². The van der Waals surface area contributed by atoms with E-state index in [4.69, 9.17) is 27.9 Å². The molecule has 0 saturated heterocycles. The summed E-state index contributed by atoms with van der Waals surface area (Å²) in [6.45, 7) is 5.39. The van der Waals surface area contributed by atoms with Crippen LogP contribution in [0.3, 0.4) is 0 Å². The van der Waals surface area contributed by atoms with Crippen LogP contribution in [0, 0.1) is 6.92 Å². The Morgan fingerprint density at radius 3 is 2.10 bits per heavy atom. The van der Waals surface area contributed by atoms with Crippen LogP contribution in [-0.4, -0.2) is 51.4 Å². The Labute approximate surface area is 252 Å². The monoisotopic (exact) mass is 619 g/mol. The molecule has 220 valence electrons. The average Bonchev–Trinajstić information content (AvgIpc) is 2.96. The number of methoxy groups -OCH3 is 1. The third kappa shape index (κ3) is 7.93. The smallest absolute Gasteiger partial charge is 0.264 e. The van der Waals surface area contributed by atoms with Crippen LogP contribution in [0.2, 0.25) is 10.0 Å². The normalized spacial score (nSPS) is 12.0. The van der Waals surface area contributed by atoms with Gasteiger partial charge in [0.1, 0.15) is 18.3 Å². The maximum atomic E-state index is 14.1. The second kappa shape index (κ2) is 14.6. The predicted molar refractivity (Wildman–Crippen MR) is 163 cm³/mol. The van der Waals surface area contributed by atoms with Crippen LogP contribution in [0.15, 0.2) is 71.6 Å². The van der Waals surface area contributed by atoms with Crippen molar-refractivity contribution in [2.75, 3.05) is 24.5 Å². The van der Waals surface area contributed by atoms with E-state index in [2.05, 4.69) is 5.32 Å². The highest BCUT2D eigenvalue weighted by Gasteiger charge is 2.34. The largest absolute Gasteiger partial charge is 0.497 e. The summed E-state index contributed by atoms with van der Waals surface area (Å²) >= 11 is 12.9. The first kappa shape index (κ1) is 32.2. The zero-order chi connectivity index (χ0) is 30.2. The zero-order valence-electron chi connectivity index (χ0n) is 23.6. The summed E-state index contributed by atoms with van der Waals surface area (Å²) in [5.41, 5.74) is 1.69. The summed E-state index contributed by atoms with van der Waals surface area (Å²) < 4.78 is 34.1. The van der Waals surface area contributed by atoms with Crippen molar-refractivity contribution in [2.24, 2.45) is 0 Å². The lowest BCUT2D eigenvalue weighted by atomic mass is 10.1. The highest BCUT2D eigenvalue weighted by molar-refractivity contribution is 7.92. The Kier molecular flexibility index (Phi) is 11.5. The number of benzene rings is 3. The van der Waals surface area contributed by atoms with Crippen LogP contribution < -0.4 is 14.4 Å². The van der Waals surface area contributed by atoms with Crippen molar-refractivity contribution in [3.05, 3.63) is 87.9 Å². The van der Waals surface area contributed by atoms with E-state index in [-0.39, 0.29) is 17.3 Å². The molecule has 1 N–H and O–H groups in total. The number of carbonyl (C=O) groups is 2. The predicted octanol–water partition coefficient (Wildman–Crippen LogP) is 5.84. The molecule has 2 amide bonds. The van der Waals surface area contributed by atoms with Gasteiger partial charge < -0.3 is 15.0 Å². The van der Waals surface area contributed by atoms with Crippen LogP contribution in [0.25, 0.3) is 0 Å². The van der Waals surface area contributed by atoms with Gasteiger partial charge in [-0.05, 0) is 68.3 Å². The second-order valence-electron chi connectivity index (χ2n) is 9.46. The molecule has 41 heavy (non-hydrogen) atoms. The average molecular weight is 621 g/mol. The fraction of sp³-hybridized carbons (Fsp3) is 0.333. The minimum atomic E-state index is -4.20. The third-order valence-electron chi connectivity index (χ3n) is 6.57. The topological polar surface area (TPSA) is 96.0 Å². The molecule has 3 aromatic carbocycles. The van der Waals surface area contributed by atoms with Gasteiger partial charge in [-0.3, -0.25) is 13.9 Å². The molecule has 0 aliphatic rings. The molecule has 0 aliphatic heterocycles. The van der Waals surface area contributed by atoms with Gasteiger partial charge in [-0.25, -0.2) is 8.42 Å². The number of nitrogens with one attached hydrogen (secondary N) is 1. The molecule has 0 bridgehead atoms. The standard InChI is InChI=1S/C30H35Cl2N3O5S/c1-5-18-33-30(37)28(6-2)34(19-25-26(31)8-7-9-27(25)32)29(36)20-35(22-12-10-21(3)11-13-22)41(38,39)24-16-14-23(40-4)15-17-24/h7-17,28H,5-6,18-20H2,1-4H3,(H,33,37)/t28-/m1/s1. The zero-order valence-corrected chi connectivity index (χ0v) is 25.9. The lowest BCUT2D eigenvalue weighted by Crippen LogP contribution is -2.52. The van der Waals surface area contributed by atoms with Crippen molar-refractivity contribution in [1.29, 1.82) is 0 Å². The third-order valence-corrected chi connectivity index (χ3v) is 9.07. The summed E-state index contributed by atoms with van der Waals surface area (Å²) in [6.07, 6.45) is 1.01. The van der Waals surface area contributed by atoms with Crippen molar-refractivity contribution in [3.63, 3.8) is 0 Å². The fourth-order valence-corrected chi connectivity index (χ4v) is 6.19. The quantitative estimate of drug-likeness (QED) is 0.259. The minimum absolute atomic E-state index is 0.0138. The summed E-state index contributed by atoms with van der Waals surface area (Å²) in [6, 6.07) is 16.9. The molecule has 0 aliphatic carbocycles. The fourth-order valence-electron chi connectivity index (χ4n) is 4.25. The Morgan fingerprint density at radius 2 is 1.56 bits per heavy atom. The lowest BCUT2D eigenvalue weighted by Gasteiger charge is -2.33. The van der Waals surface area contributed by atoms with E-state index < -0.39 is 28.5 Å². The number of hydrogen-bond acceptors (Lipinski definition) is 5. The van der Waals surface area contributed by atoms with Gasteiger partial charge in [0.25, 0.3) is 10.0 Å². The number of anilines is 1. The van der Waals surface area contributed by atoms with E-state index in [0.29, 0.717) is 46.4 Å². The summed E-state index contributed by atoms with van der Waals surface area (Å²) in [5, 5.41) is 3.52. The maximum absolute atomic E-state index is 14.1. The van der Waals surface area contributed by atoms with Crippen LogP contribution in [0.4, 0.5) is 5.69 Å². The minimum Gasteiger partial charge on any atom is -0.497 e. The van der Waals surface area contributed by atoms with Gasteiger partial charge in [-0.1, -0.05) is 60.8 Å². The Balaban J connectivity index is 2.08. The molecule has 0 spiro atoms. The van der Waals surface area contributed by atoms with Crippen molar-refractivity contribution < 1.29 is 22.7 Å². The lowest BCUT2D eigenvalue weighted by molar-refractivity contribution is -0.140. The second-order valence-corrected chi connectivity index (χ2v) is 12.1. The van der Waals surface area contributed by atoms with Gasteiger partial charge in [0.15, 0.2) is 0 Å². The number of nitrogens with zero attached hydrogens (tertiary/aromatic N) is 2. The van der Waals surface area contributed by atoms with Gasteiger partial charge in [-0.15, -0.1) is 0 Å². The molecule has 3 rings (SSSR count). The van der Waals surface area contributed by atoms with Crippen molar-refractivity contribution >= 4 is 50.7 Å². The number of sulfonamides is 1. The van der Waals surface area contributed by atoms with Crippen LogP contribution >= 0.6 is 23.2 Å². The number of amides is 2. The van der Waals surface area contributed by atoms with E-state index >= 15 is 0 Å². The Hall–Kier alpha value is -3.27. The number of hydrogen-bond donors (Lipinski definition) is 1. The highest BCUT2D eigenvalue weighted by atomic mass is 35.5. The molecule has 11 heteroatoms. The van der Waals surface area contributed by atoms with E-state index in [1.165, 1.54) is 24.1 Å². The van der Waals surface area contributed by atoms with Gasteiger partial charge in [-0.2, -0.15) is 0 Å². The summed E-state index contributed by atoms with van der Waals surface area (Å²) in [7, 11) is -2.71. The number of carbonyl (C=O) groups excluding carboxylic acids is 2. The molecular weight excluding hydrogens is 585 g/mol. The number of rotatable bonds is 13. The number of ether oxygens (including phenoxy) is 1. The SMILES string of the molecule is CCCNC(=O)[C@@H](CC)N(Cc1c(Cl)cccc1Cl)C(=O)CN(c1ccc(C)cc1)S(=O)(=O)c1ccc(OC)cc1. The molecule has 0 aromatic heterocycles. The molecule has 0 unspecified atom stereocenters. The molecule has 8 nitrogen and oxygen atoms in total. The first-order valence-electron chi connectivity index (χ1n) is 13.3. The molecule has 0 saturated carbocycles. The number of halogens is 2. The first-order valence-corrected chi connectivity index (χ1v) is 15.5. The van der Waals surface area contributed by atoms with Crippen LogP contribution in [0.5, 0.6) is 5.75 Å². The van der Waals surface area contributed by atoms with Gasteiger partial charge in [0.05, 0.1) is 17.7 Å².